The Labute approximate surface area is 135 Å². The number of hydrogen-bond acceptors (Lipinski definition) is 2. The van der Waals surface area contributed by atoms with Crippen LogP contribution in [0.15, 0.2) is 48.5 Å². The first kappa shape index (κ1) is 16.3. The number of aliphatic hydroxyl groups is 1. The van der Waals surface area contributed by atoms with Crippen molar-refractivity contribution in [3.63, 3.8) is 0 Å². The number of amides is 2. The Morgan fingerprint density at radius 2 is 1.95 bits per heavy atom. The van der Waals surface area contributed by atoms with Gasteiger partial charge in [-0.2, -0.15) is 0 Å². The van der Waals surface area contributed by atoms with Crippen LogP contribution in [0.5, 0.6) is 0 Å². The topological polar surface area (TPSA) is 61.4 Å². The van der Waals surface area contributed by atoms with Gasteiger partial charge in [-0.25, -0.2) is 4.79 Å². The van der Waals surface area contributed by atoms with Crippen LogP contribution in [0.3, 0.4) is 0 Å². The smallest absolute Gasteiger partial charge is 0.319 e. The molecule has 0 fully saturated rings. The molecule has 0 spiro atoms. The minimum absolute atomic E-state index is 0.300. The second kappa shape index (κ2) is 7.82. The average Bonchev–Trinajstić information content (AvgIpc) is 2.51. The molecule has 2 rings (SSSR count). The van der Waals surface area contributed by atoms with Crippen molar-refractivity contribution in [2.24, 2.45) is 0 Å². The molecule has 2 amide bonds. The molecule has 0 aliphatic carbocycles. The molecule has 0 radical (unpaired) electrons. The number of aryl methyl sites for hydroxylation is 1. The number of anilines is 1. The first-order valence-electron chi connectivity index (χ1n) is 7.10. The monoisotopic (exact) mass is 318 g/mol. The minimum Gasteiger partial charge on any atom is -0.388 e. The second-order valence-corrected chi connectivity index (χ2v) is 5.49. The van der Waals surface area contributed by atoms with Crippen LogP contribution in [-0.4, -0.2) is 17.7 Å². The van der Waals surface area contributed by atoms with Crippen LogP contribution in [0.2, 0.25) is 5.02 Å². The molecule has 0 saturated carbocycles. The molecular formula is C17H19ClN2O2. The summed E-state index contributed by atoms with van der Waals surface area (Å²) in [5.74, 6) is 0. The summed E-state index contributed by atoms with van der Waals surface area (Å²) in [6.07, 6.45) is -0.129. The second-order valence-electron chi connectivity index (χ2n) is 5.06. The van der Waals surface area contributed by atoms with E-state index in [1.165, 1.54) is 0 Å². The number of urea groups is 1. The molecule has 3 N–H and O–H groups in total. The first-order chi connectivity index (χ1) is 10.6. The largest absolute Gasteiger partial charge is 0.388 e. The van der Waals surface area contributed by atoms with Gasteiger partial charge in [0.25, 0.3) is 0 Å². The Kier molecular flexibility index (Phi) is 5.81. The van der Waals surface area contributed by atoms with Gasteiger partial charge in [-0.3, -0.25) is 0 Å². The highest BCUT2D eigenvalue weighted by atomic mass is 35.5. The summed E-state index contributed by atoms with van der Waals surface area (Å²) in [5, 5.41) is 16.1. The van der Waals surface area contributed by atoms with Crippen LogP contribution in [0.1, 0.15) is 23.7 Å². The van der Waals surface area contributed by atoms with E-state index in [1.54, 1.807) is 18.2 Å². The molecule has 1 unspecified atom stereocenters. The van der Waals surface area contributed by atoms with E-state index in [0.717, 1.165) is 11.1 Å². The zero-order valence-corrected chi connectivity index (χ0v) is 13.1. The highest BCUT2D eigenvalue weighted by molar-refractivity contribution is 6.30. The van der Waals surface area contributed by atoms with Crippen molar-refractivity contribution < 1.29 is 9.90 Å². The molecule has 116 valence electrons. The lowest BCUT2D eigenvalue weighted by Crippen LogP contribution is -2.30. The third kappa shape index (κ3) is 4.76. The van der Waals surface area contributed by atoms with Gasteiger partial charge in [-0.1, -0.05) is 41.9 Å². The predicted octanol–water partition coefficient (Wildman–Crippen LogP) is 3.89. The number of aliphatic hydroxyl groups excluding tert-OH is 1. The van der Waals surface area contributed by atoms with Gasteiger partial charge in [0.15, 0.2) is 0 Å². The van der Waals surface area contributed by atoms with E-state index < -0.39 is 6.10 Å². The van der Waals surface area contributed by atoms with Gasteiger partial charge in [0.05, 0.1) is 6.10 Å². The van der Waals surface area contributed by atoms with Crippen molar-refractivity contribution in [3.8, 4) is 0 Å². The van der Waals surface area contributed by atoms with Crippen LogP contribution in [0, 0.1) is 6.92 Å². The highest BCUT2D eigenvalue weighted by Gasteiger charge is 2.08. The third-order valence-corrected chi connectivity index (χ3v) is 3.56. The lowest BCUT2D eigenvalue weighted by atomic mass is 10.1. The number of carbonyl (C=O) groups excluding carboxylic acids is 1. The number of rotatable bonds is 5. The van der Waals surface area contributed by atoms with E-state index in [2.05, 4.69) is 10.6 Å². The number of carbonyl (C=O) groups is 1. The van der Waals surface area contributed by atoms with Crippen molar-refractivity contribution in [2.45, 2.75) is 19.4 Å². The van der Waals surface area contributed by atoms with E-state index in [0.29, 0.717) is 23.7 Å². The van der Waals surface area contributed by atoms with Crippen LogP contribution in [0.4, 0.5) is 10.5 Å². The maximum Gasteiger partial charge on any atom is 0.319 e. The number of benzene rings is 2. The van der Waals surface area contributed by atoms with Crippen LogP contribution < -0.4 is 10.6 Å². The summed E-state index contributed by atoms with van der Waals surface area (Å²) in [6, 6.07) is 14.4. The van der Waals surface area contributed by atoms with Crippen molar-refractivity contribution in [1.29, 1.82) is 0 Å². The van der Waals surface area contributed by atoms with Crippen molar-refractivity contribution >= 4 is 23.3 Å². The molecule has 0 aliphatic rings. The average molecular weight is 319 g/mol. The summed E-state index contributed by atoms with van der Waals surface area (Å²) in [5.41, 5.74) is 2.45. The number of halogens is 1. The molecule has 5 heteroatoms. The quantitative estimate of drug-likeness (QED) is 0.783. The molecule has 2 aromatic carbocycles. The molecule has 2 aromatic rings. The Morgan fingerprint density at radius 1 is 1.23 bits per heavy atom. The Balaban J connectivity index is 1.78. The van der Waals surface area contributed by atoms with E-state index in [-0.39, 0.29) is 6.03 Å². The molecule has 0 aliphatic heterocycles. The maximum atomic E-state index is 11.8. The first-order valence-corrected chi connectivity index (χ1v) is 7.48. The fourth-order valence-corrected chi connectivity index (χ4v) is 2.32. The van der Waals surface area contributed by atoms with Crippen molar-refractivity contribution in [2.75, 3.05) is 11.9 Å². The fourth-order valence-electron chi connectivity index (χ4n) is 2.10. The van der Waals surface area contributed by atoms with Crippen molar-refractivity contribution in [1.82, 2.24) is 5.32 Å². The Bertz CT molecular complexity index is 632. The van der Waals surface area contributed by atoms with Gasteiger partial charge in [0.2, 0.25) is 0 Å². The van der Waals surface area contributed by atoms with Gasteiger partial charge >= 0.3 is 6.03 Å². The standard InChI is InChI=1S/C17H19ClN2O2/c1-12-11-14(18)7-8-15(12)20-17(22)19-10-9-16(21)13-5-3-2-4-6-13/h2-8,11,16,21H,9-10H2,1H3,(H2,19,20,22). The number of hydrogen-bond donors (Lipinski definition) is 3. The lowest BCUT2D eigenvalue weighted by Gasteiger charge is -2.13. The summed E-state index contributed by atoms with van der Waals surface area (Å²) in [6.45, 7) is 2.26. The van der Waals surface area contributed by atoms with Gasteiger partial charge in [0, 0.05) is 17.3 Å². The number of nitrogens with one attached hydrogen (secondary N) is 2. The fraction of sp³-hybridized carbons (Fsp3) is 0.235. The Hall–Kier alpha value is -2.04. The van der Waals surface area contributed by atoms with E-state index in [1.807, 2.05) is 37.3 Å². The van der Waals surface area contributed by atoms with E-state index >= 15 is 0 Å². The zero-order valence-electron chi connectivity index (χ0n) is 12.3. The summed E-state index contributed by atoms with van der Waals surface area (Å²) >= 11 is 5.87. The zero-order chi connectivity index (χ0) is 15.9. The molecule has 4 nitrogen and oxygen atoms in total. The maximum absolute atomic E-state index is 11.8. The molecule has 0 saturated heterocycles. The van der Waals surface area contributed by atoms with Gasteiger partial charge in [0.1, 0.15) is 0 Å². The van der Waals surface area contributed by atoms with Gasteiger partial charge in [-0.05, 0) is 42.7 Å². The SMILES string of the molecule is Cc1cc(Cl)ccc1NC(=O)NCCC(O)c1ccccc1. The normalized spacial score (nSPS) is 11.8. The predicted molar refractivity (Wildman–Crippen MR) is 89.2 cm³/mol. The van der Waals surface area contributed by atoms with Crippen LogP contribution >= 0.6 is 11.6 Å². The van der Waals surface area contributed by atoms with E-state index in [9.17, 15) is 9.90 Å². The Morgan fingerprint density at radius 3 is 2.64 bits per heavy atom. The molecule has 1 atom stereocenters. The summed E-state index contributed by atoms with van der Waals surface area (Å²) in [4.78, 5) is 11.8. The molecular weight excluding hydrogens is 300 g/mol. The summed E-state index contributed by atoms with van der Waals surface area (Å²) in [7, 11) is 0. The molecule has 0 bridgehead atoms. The molecule has 0 heterocycles. The van der Waals surface area contributed by atoms with Crippen LogP contribution in [0.25, 0.3) is 0 Å². The van der Waals surface area contributed by atoms with Gasteiger partial charge < -0.3 is 15.7 Å². The van der Waals surface area contributed by atoms with E-state index in [4.69, 9.17) is 11.6 Å². The minimum atomic E-state index is -0.584. The third-order valence-electron chi connectivity index (χ3n) is 3.32. The van der Waals surface area contributed by atoms with Gasteiger partial charge in [-0.15, -0.1) is 0 Å². The van der Waals surface area contributed by atoms with Crippen molar-refractivity contribution in [3.05, 3.63) is 64.7 Å². The highest BCUT2D eigenvalue weighted by Crippen LogP contribution is 2.19. The summed E-state index contributed by atoms with van der Waals surface area (Å²) < 4.78 is 0. The molecule has 0 aromatic heterocycles. The molecule has 22 heavy (non-hydrogen) atoms. The lowest BCUT2D eigenvalue weighted by molar-refractivity contribution is 0.167. The van der Waals surface area contributed by atoms with Crippen LogP contribution in [-0.2, 0) is 0 Å².